The first-order chi connectivity index (χ1) is 31.7. The van der Waals surface area contributed by atoms with E-state index < -0.39 is 15.8 Å². The minimum absolute atomic E-state index is 0. The molecule has 4 aliphatic rings. The summed E-state index contributed by atoms with van der Waals surface area (Å²) in [6.07, 6.45) is 45.7. The van der Waals surface area contributed by atoms with Gasteiger partial charge >= 0.3 is 44.8 Å². The van der Waals surface area contributed by atoms with E-state index in [1.54, 1.807) is 51.4 Å². The van der Waals surface area contributed by atoms with Gasteiger partial charge in [0.15, 0.2) is 0 Å². The Morgan fingerprint density at radius 2 is 0.545 bits per heavy atom. The van der Waals surface area contributed by atoms with E-state index in [4.69, 9.17) is 12.8 Å². The average molecular weight is 1090 g/mol. The molecule has 11 rings (SSSR count). The van der Waals surface area contributed by atoms with Gasteiger partial charge in [0.2, 0.25) is 0 Å². The summed E-state index contributed by atoms with van der Waals surface area (Å²) < 4.78 is 0. The fourth-order valence-corrected chi connectivity index (χ4v) is 21.9. The summed E-state index contributed by atoms with van der Waals surface area (Å²) in [5.74, 6) is 5.13. The van der Waals surface area contributed by atoms with Gasteiger partial charge in [-0.15, -0.1) is 11.1 Å². The SMILES string of the molecule is [Ag+].[Ag+].[C-]#Cc1c2ccccc2cc2ccccc12.[C-]#Cc1c2ccccc2cc2ccccc12.c1ccc([PH+](C2CCCCC2)C2CCCCC2)c([PH+](C2CCCCC2)C2CCCCC2)c1. The molecule has 0 heterocycles. The first kappa shape index (κ1) is 50.9. The molecule has 0 nitrogen and oxygen atoms in total. The average Bonchev–Trinajstić information content (AvgIpc) is 3.37. The normalized spacial score (nSPS) is 17.5. The third-order valence-corrected chi connectivity index (χ3v) is 23.7. The van der Waals surface area contributed by atoms with Crippen LogP contribution in [0.25, 0.3) is 43.1 Å². The Hall–Kier alpha value is -2.96. The Labute approximate surface area is 431 Å². The van der Waals surface area contributed by atoms with Gasteiger partial charge in [0.1, 0.15) is 10.6 Å². The molecule has 0 unspecified atom stereocenters. The second kappa shape index (κ2) is 25.6. The summed E-state index contributed by atoms with van der Waals surface area (Å²) in [6.45, 7) is 0. The molecular formula is C62H68Ag2P2+2. The molecule has 0 atom stereocenters. The van der Waals surface area contributed by atoms with E-state index in [0.717, 1.165) is 76.9 Å². The smallest absolute Gasteiger partial charge is 0.366 e. The Morgan fingerprint density at radius 3 is 0.788 bits per heavy atom. The van der Waals surface area contributed by atoms with Crippen LogP contribution in [0.2, 0.25) is 0 Å². The molecule has 0 N–H and O–H groups in total. The predicted octanol–water partition coefficient (Wildman–Crippen LogP) is 16.6. The monoisotopic (exact) mass is 1090 g/mol. The molecule has 4 heteroatoms. The first-order valence-corrected chi connectivity index (χ1v) is 28.5. The van der Waals surface area contributed by atoms with E-state index in [-0.39, 0.29) is 44.8 Å². The summed E-state index contributed by atoms with van der Waals surface area (Å²) in [7, 11) is -0.895. The van der Waals surface area contributed by atoms with E-state index in [0.29, 0.717) is 0 Å². The molecule has 0 radical (unpaired) electrons. The summed E-state index contributed by atoms with van der Waals surface area (Å²) in [5, 5.41) is 13.0. The van der Waals surface area contributed by atoms with Crippen LogP contribution < -0.4 is 10.6 Å². The summed E-state index contributed by atoms with van der Waals surface area (Å²) >= 11 is 0. The molecule has 346 valence electrons. The van der Waals surface area contributed by atoms with Gasteiger partial charge in [0.05, 0.1) is 22.6 Å². The third-order valence-electron chi connectivity index (χ3n) is 15.5. The number of hydrogen-bond donors (Lipinski definition) is 0. The van der Waals surface area contributed by atoms with Crippen LogP contribution in [0.15, 0.2) is 133 Å². The maximum atomic E-state index is 7.46. The third kappa shape index (κ3) is 11.9. The van der Waals surface area contributed by atoms with Crippen LogP contribution in [0.1, 0.15) is 140 Å². The maximum Gasteiger partial charge on any atom is 1.00 e. The number of hydrogen-bond acceptors (Lipinski definition) is 0. The predicted molar refractivity (Wildman–Crippen MR) is 285 cm³/mol. The minimum Gasteiger partial charge on any atom is -0.366 e. The van der Waals surface area contributed by atoms with Crippen LogP contribution >= 0.6 is 15.8 Å². The first-order valence-electron chi connectivity index (χ1n) is 25.2. The second-order valence-electron chi connectivity index (χ2n) is 19.4. The van der Waals surface area contributed by atoms with E-state index >= 15 is 0 Å². The summed E-state index contributed by atoms with van der Waals surface area (Å²) in [6, 6.07) is 47.2. The van der Waals surface area contributed by atoms with Crippen molar-refractivity contribution in [3.8, 4) is 11.8 Å². The van der Waals surface area contributed by atoms with Crippen molar-refractivity contribution in [2.45, 2.75) is 151 Å². The van der Waals surface area contributed by atoms with E-state index in [1.165, 1.54) is 77.0 Å². The molecule has 7 aromatic rings. The minimum atomic E-state index is -0.448. The maximum absolute atomic E-state index is 7.46. The quantitative estimate of drug-likeness (QED) is 0.0512. The zero-order chi connectivity index (χ0) is 43.5. The molecule has 0 saturated heterocycles. The Balaban J connectivity index is 0.000000160. The molecule has 0 spiro atoms. The van der Waals surface area contributed by atoms with Gasteiger partial charge in [-0.2, -0.15) is 0 Å². The Morgan fingerprint density at radius 1 is 0.318 bits per heavy atom. The topological polar surface area (TPSA) is 0 Å². The molecule has 7 aromatic carbocycles. The zero-order valence-electron chi connectivity index (χ0n) is 38.8. The van der Waals surface area contributed by atoms with Crippen molar-refractivity contribution in [2.24, 2.45) is 0 Å². The van der Waals surface area contributed by atoms with Crippen LogP contribution in [-0.2, 0) is 44.8 Å². The van der Waals surface area contributed by atoms with E-state index in [1.807, 2.05) is 83.4 Å². The molecule has 0 aromatic heterocycles. The van der Waals surface area contributed by atoms with Gasteiger partial charge in [0, 0.05) is 15.8 Å². The van der Waals surface area contributed by atoms with Gasteiger partial charge in [-0.25, -0.2) is 0 Å². The van der Waals surface area contributed by atoms with Gasteiger partial charge in [-0.05, 0) is 149 Å². The number of rotatable bonds is 6. The number of benzene rings is 7. The molecule has 0 amide bonds. The van der Waals surface area contributed by atoms with Crippen molar-refractivity contribution in [3.63, 3.8) is 0 Å². The molecule has 4 fully saturated rings. The standard InChI is InChI=1S/C30H48P2.2C16H9.2Ag/c1-5-15-25(16-6-1)31(26-17-7-2-8-18-26)29-23-13-14-24-30(29)32(27-19-9-3-10-20-27)28-21-11-4-12-22-28;2*1-2-14-15-9-5-3-7-12(15)11-13-8-4-6-10-16(13)14;;/h13-14,23-28H,1-12,15-22H2;2*3-11H;;/q;2*-1;2*+1/p+2. The van der Waals surface area contributed by atoms with Crippen LogP contribution in [0.4, 0.5) is 0 Å². The van der Waals surface area contributed by atoms with Crippen LogP contribution in [-0.4, -0.2) is 22.6 Å². The largest absolute Gasteiger partial charge is 1.00 e. The van der Waals surface area contributed by atoms with Crippen molar-refractivity contribution in [3.05, 3.63) is 157 Å². The van der Waals surface area contributed by atoms with Gasteiger partial charge in [-0.3, -0.25) is 11.8 Å². The fourth-order valence-electron chi connectivity index (χ4n) is 12.5. The van der Waals surface area contributed by atoms with Gasteiger partial charge in [-0.1, -0.05) is 156 Å². The molecule has 66 heavy (non-hydrogen) atoms. The second-order valence-corrected chi connectivity index (χ2v) is 25.6. The van der Waals surface area contributed by atoms with Gasteiger partial charge < -0.3 is 12.8 Å². The molecular weight excluding hydrogens is 1020 g/mol. The van der Waals surface area contributed by atoms with E-state index in [9.17, 15) is 0 Å². The van der Waals surface area contributed by atoms with Gasteiger partial charge in [0.25, 0.3) is 0 Å². The van der Waals surface area contributed by atoms with Crippen molar-refractivity contribution in [2.75, 3.05) is 0 Å². The summed E-state index contributed by atoms with van der Waals surface area (Å²) in [4.78, 5) is 0. The molecule has 4 saturated carbocycles. The van der Waals surface area contributed by atoms with Crippen molar-refractivity contribution >= 4 is 69.5 Å². The molecule has 0 bridgehead atoms. The zero-order valence-corrected chi connectivity index (χ0v) is 43.7. The molecule has 4 aliphatic carbocycles. The van der Waals surface area contributed by atoms with E-state index in [2.05, 4.69) is 72.5 Å². The molecule has 0 aliphatic heterocycles. The van der Waals surface area contributed by atoms with Crippen molar-refractivity contribution in [1.29, 1.82) is 0 Å². The van der Waals surface area contributed by atoms with Crippen LogP contribution in [0, 0.1) is 24.7 Å². The van der Waals surface area contributed by atoms with Crippen molar-refractivity contribution < 1.29 is 44.8 Å². The number of fused-ring (bicyclic) bond motifs is 4. The van der Waals surface area contributed by atoms with Crippen LogP contribution in [0.3, 0.4) is 0 Å². The van der Waals surface area contributed by atoms with Crippen LogP contribution in [0.5, 0.6) is 0 Å². The summed E-state index contributed by atoms with van der Waals surface area (Å²) in [5.41, 5.74) is 6.10. The van der Waals surface area contributed by atoms with Crippen molar-refractivity contribution in [1.82, 2.24) is 0 Å². The fraction of sp³-hybridized carbons (Fsp3) is 0.387. The Bertz CT molecular complexity index is 2390. The Kier molecular flexibility index (Phi) is 19.7.